The summed E-state index contributed by atoms with van der Waals surface area (Å²) in [6.07, 6.45) is 2.85. The van der Waals surface area contributed by atoms with Gasteiger partial charge in [0.1, 0.15) is 12.4 Å². The van der Waals surface area contributed by atoms with Crippen molar-refractivity contribution >= 4 is 9.84 Å². The molecule has 0 aliphatic rings. The summed E-state index contributed by atoms with van der Waals surface area (Å²) in [6, 6.07) is 6.00. The van der Waals surface area contributed by atoms with Gasteiger partial charge in [-0.15, -0.1) is 0 Å². The fourth-order valence-electron chi connectivity index (χ4n) is 1.80. The van der Waals surface area contributed by atoms with Crippen LogP contribution in [-0.4, -0.2) is 33.1 Å². The van der Waals surface area contributed by atoms with E-state index in [1.807, 2.05) is 32.0 Å². The number of rotatable bonds is 7. The number of nitrogens with two attached hydrogens (primary N) is 1. The van der Waals surface area contributed by atoms with Gasteiger partial charge in [0.15, 0.2) is 9.84 Å². The lowest BCUT2D eigenvalue weighted by atomic mass is 10.0. The first-order valence-electron chi connectivity index (χ1n) is 6.48. The molecule has 2 N–H and O–H groups in total. The van der Waals surface area contributed by atoms with Gasteiger partial charge in [-0.05, 0) is 30.9 Å². The van der Waals surface area contributed by atoms with Gasteiger partial charge in [-0.25, -0.2) is 8.42 Å². The molecule has 1 aromatic rings. The highest BCUT2D eigenvalue weighted by atomic mass is 32.2. The molecular weight excluding hydrogens is 262 g/mol. The molecule has 0 amide bonds. The molecule has 0 bridgehead atoms. The molecule has 19 heavy (non-hydrogen) atoms. The van der Waals surface area contributed by atoms with Crippen molar-refractivity contribution < 1.29 is 13.2 Å². The molecule has 0 fully saturated rings. The third-order valence-electron chi connectivity index (χ3n) is 3.00. The van der Waals surface area contributed by atoms with Gasteiger partial charge >= 0.3 is 0 Å². The molecule has 1 atom stereocenters. The zero-order chi connectivity index (χ0) is 14.5. The van der Waals surface area contributed by atoms with E-state index < -0.39 is 9.84 Å². The molecule has 1 rings (SSSR count). The normalized spacial score (nSPS) is 13.3. The van der Waals surface area contributed by atoms with Crippen LogP contribution in [0.25, 0.3) is 0 Å². The molecule has 1 unspecified atom stereocenters. The number of hydrogen-bond donors (Lipinski definition) is 1. The maximum atomic E-state index is 11.1. The summed E-state index contributed by atoms with van der Waals surface area (Å²) in [5, 5.41) is 0. The number of aryl methyl sites for hydroxylation is 1. The SMILES string of the molecule is CCC(N)Cc1cccc(C)c1OCCS(C)(=O)=O. The summed E-state index contributed by atoms with van der Waals surface area (Å²) in [5.74, 6) is 0.802. The average Bonchev–Trinajstić information content (AvgIpc) is 2.31. The van der Waals surface area contributed by atoms with Crippen LogP contribution in [0.3, 0.4) is 0 Å². The fraction of sp³-hybridized carbons (Fsp3) is 0.571. The van der Waals surface area contributed by atoms with E-state index in [-0.39, 0.29) is 18.4 Å². The Balaban J connectivity index is 2.80. The van der Waals surface area contributed by atoms with Crippen molar-refractivity contribution in [1.82, 2.24) is 0 Å². The van der Waals surface area contributed by atoms with Gasteiger partial charge in [0.2, 0.25) is 0 Å². The molecule has 0 aromatic heterocycles. The van der Waals surface area contributed by atoms with Gasteiger partial charge in [0, 0.05) is 12.3 Å². The maximum absolute atomic E-state index is 11.1. The van der Waals surface area contributed by atoms with Crippen LogP contribution in [0.4, 0.5) is 0 Å². The maximum Gasteiger partial charge on any atom is 0.150 e. The van der Waals surface area contributed by atoms with Crippen molar-refractivity contribution in [3.05, 3.63) is 29.3 Å². The minimum atomic E-state index is -3.00. The predicted octanol–water partition coefficient (Wildman–Crippen LogP) is 1.70. The minimum Gasteiger partial charge on any atom is -0.492 e. The number of sulfone groups is 1. The van der Waals surface area contributed by atoms with E-state index in [2.05, 4.69) is 0 Å². The Morgan fingerprint density at radius 1 is 1.37 bits per heavy atom. The standard InChI is InChI=1S/C14H23NO3S/c1-4-13(15)10-12-7-5-6-11(2)14(12)18-8-9-19(3,16)17/h5-7,13H,4,8-10,15H2,1-3H3. The van der Waals surface area contributed by atoms with Crippen LogP contribution in [0, 0.1) is 6.92 Å². The number of hydrogen-bond acceptors (Lipinski definition) is 4. The van der Waals surface area contributed by atoms with Crippen molar-refractivity contribution in [3.63, 3.8) is 0 Å². The molecule has 108 valence electrons. The molecule has 1 aromatic carbocycles. The average molecular weight is 285 g/mol. The molecule has 4 nitrogen and oxygen atoms in total. The van der Waals surface area contributed by atoms with E-state index >= 15 is 0 Å². The first kappa shape index (κ1) is 16.0. The van der Waals surface area contributed by atoms with Crippen LogP contribution >= 0.6 is 0 Å². The van der Waals surface area contributed by atoms with Crippen molar-refractivity contribution in [2.24, 2.45) is 5.73 Å². The van der Waals surface area contributed by atoms with Crippen molar-refractivity contribution in [2.45, 2.75) is 32.7 Å². The van der Waals surface area contributed by atoms with Gasteiger partial charge in [-0.3, -0.25) is 0 Å². The van der Waals surface area contributed by atoms with Crippen LogP contribution in [0.1, 0.15) is 24.5 Å². The summed E-state index contributed by atoms with van der Waals surface area (Å²) in [7, 11) is -3.00. The van der Waals surface area contributed by atoms with Crippen molar-refractivity contribution in [1.29, 1.82) is 0 Å². The van der Waals surface area contributed by atoms with Crippen LogP contribution in [0.15, 0.2) is 18.2 Å². The smallest absolute Gasteiger partial charge is 0.150 e. The predicted molar refractivity (Wildman–Crippen MR) is 78.4 cm³/mol. The summed E-state index contributed by atoms with van der Waals surface area (Å²) in [4.78, 5) is 0. The third-order valence-corrected chi connectivity index (χ3v) is 3.91. The van der Waals surface area contributed by atoms with Crippen LogP contribution in [0.2, 0.25) is 0 Å². The first-order chi connectivity index (χ1) is 8.83. The molecule has 5 heteroatoms. The monoisotopic (exact) mass is 285 g/mol. The van der Waals surface area contributed by atoms with E-state index in [0.29, 0.717) is 0 Å². The van der Waals surface area contributed by atoms with E-state index in [9.17, 15) is 8.42 Å². The highest BCUT2D eigenvalue weighted by Gasteiger charge is 2.11. The molecule has 0 aliphatic heterocycles. The lowest BCUT2D eigenvalue weighted by Crippen LogP contribution is -2.22. The highest BCUT2D eigenvalue weighted by Crippen LogP contribution is 2.24. The summed E-state index contributed by atoms with van der Waals surface area (Å²) >= 11 is 0. The minimum absolute atomic E-state index is 0.0284. The quantitative estimate of drug-likeness (QED) is 0.828. The summed E-state index contributed by atoms with van der Waals surface area (Å²) in [5.41, 5.74) is 8.02. The Morgan fingerprint density at radius 3 is 2.63 bits per heavy atom. The third kappa shape index (κ3) is 5.61. The highest BCUT2D eigenvalue weighted by molar-refractivity contribution is 7.90. The number of para-hydroxylation sites is 1. The van der Waals surface area contributed by atoms with Crippen LogP contribution in [0.5, 0.6) is 5.75 Å². The van der Waals surface area contributed by atoms with Crippen LogP contribution in [-0.2, 0) is 16.3 Å². The second kappa shape index (κ2) is 6.91. The molecule has 0 saturated carbocycles. The van der Waals surface area contributed by atoms with Gasteiger partial charge in [0.05, 0.1) is 5.75 Å². The second-order valence-corrected chi connectivity index (χ2v) is 7.17. The lowest BCUT2D eigenvalue weighted by molar-refractivity contribution is 0.334. The fourth-order valence-corrected chi connectivity index (χ4v) is 2.19. The molecule has 0 heterocycles. The van der Waals surface area contributed by atoms with Gasteiger partial charge in [-0.2, -0.15) is 0 Å². The molecular formula is C14H23NO3S. The second-order valence-electron chi connectivity index (χ2n) is 4.91. The first-order valence-corrected chi connectivity index (χ1v) is 8.54. The lowest BCUT2D eigenvalue weighted by Gasteiger charge is -2.16. The van der Waals surface area contributed by atoms with E-state index in [1.165, 1.54) is 6.26 Å². The molecule has 0 saturated heterocycles. The Kier molecular flexibility index (Phi) is 5.82. The van der Waals surface area contributed by atoms with Crippen LogP contribution < -0.4 is 10.5 Å². The number of ether oxygens (including phenoxy) is 1. The number of benzene rings is 1. The van der Waals surface area contributed by atoms with Gasteiger partial charge in [0.25, 0.3) is 0 Å². The Bertz CT molecular complexity index is 511. The van der Waals surface area contributed by atoms with Gasteiger partial charge in [-0.1, -0.05) is 25.1 Å². The zero-order valence-electron chi connectivity index (χ0n) is 11.8. The van der Waals surface area contributed by atoms with Crippen molar-refractivity contribution in [3.8, 4) is 5.75 Å². The van der Waals surface area contributed by atoms with E-state index in [1.54, 1.807) is 0 Å². The molecule has 0 aliphatic carbocycles. The Labute approximate surface area is 115 Å². The van der Waals surface area contributed by atoms with Crippen molar-refractivity contribution in [2.75, 3.05) is 18.6 Å². The molecule has 0 radical (unpaired) electrons. The van der Waals surface area contributed by atoms with E-state index in [4.69, 9.17) is 10.5 Å². The largest absolute Gasteiger partial charge is 0.492 e. The topological polar surface area (TPSA) is 69.4 Å². The Hall–Kier alpha value is -1.07. The molecule has 0 spiro atoms. The summed E-state index contributed by atoms with van der Waals surface area (Å²) in [6.45, 7) is 4.18. The summed E-state index contributed by atoms with van der Waals surface area (Å²) < 4.78 is 27.9. The zero-order valence-corrected chi connectivity index (χ0v) is 12.7. The van der Waals surface area contributed by atoms with Gasteiger partial charge < -0.3 is 10.5 Å². The van der Waals surface area contributed by atoms with E-state index in [0.717, 1.165) is 29.7 Å². The Morgan fingerprint density at radius 2 is 2.05 bits per heavy atom.